The van der Waals surface area contributed by atoms with Gasteiger partial charge >= 0.3 is 0 Å². The van der Waals surface area contributed by atoms with Crippen LogP contribution >= 0.6 is 0 Å². The SMILES string of the molecule is CCC1OCCC1c1nc(C(C)CN)no1. The van der Waals surface area contributed by atoms with Crippen LogP contribution in [-0.4, -0.2) is 29.4 Å². The summed E-state index contributed by atoms with van der Waals surface area (Å²) in [6, 6.07) is 0. The Bertz CT molecular complexity index is 340. The molecule has 0 saturated carbocycles. The molecule has 2 rings (SSSR count). The molecule has 90 valence electrons. The van der Waals surface area contributed by atoms with Gasteiger partial charge in [-0.2, -0.15) is 4.98 Å². The molecule has 5 nitrogen and oxygen atoms in total. The number of nitrogens with two attached hydrogens (primary N) is 1. The Balaban J connectivity index is 2.12. The van der Waals surface area contributed by atoms with E-state index in [9.17, 15) is 0 Å². The Hall–Kier alpha value is -0.940. The van der Waals surface area contributed by atoms with E-state index in [2.05, 4.69) is 17.1 Å². The zero-order valence-corrected chi connectivity index (χ0v) is 9.85. The molecule has 1 fully saturated rings. The van der Waals surface area contributed by atoms with Crippen molar-refractivity contribution in [3.63, 3.8) is 0 Å². The van der Waals surface area contributed by atoms with E-state index >= 15 is 0 Å². The predicted octanol–water partition coefficient (Wildman–Crippen LogP) is 1.41. The highest BCUT2D eigenvalue weighted by Gasteiger charge is 2.32. The lowest BCUT2D eigenvalue weighted by Gasteiger charge is -2.11. The first kappa shape index (κ1) is 11.5. The number of aromatic nitrogens is 2. The fraction of sp³-hybridized carbons (Fsp3) is 0.818. The summed E-state index contributed by atoms with van der Waals surface area (Å²) < 4.78 is 10.9. The van der Waals surface area contributed by atoms with Gasteiger partial charge in [0, 0.05) is 19.1 Å². The average Bonchev–Trinajstić information content (AvgIpc) is 2.95. The van der Waals surface area contributed by atoms with Crippen LogP contribution in [0.5, 0.6) is 0 Å². The molecule has 1 aromatic rings. The summed E-state index contributed by atoms with van der Waals surface area (Å²) in [7, 11) is 0. The lowest BCUT2D eigenvalue weighted by atomic mass is 10.00. The molecule has 0 amide bonds. The molecule has 0 spiro atoms. The van der Waals surface area contributed by atoms with E-state index in [1.54, 1.807) is 0 Å². The monoisotopic (exact) mass is 225 g/mol. The zero-order valence-electron chi connectivity index (χ0n) is 9.85. The molecule has 1 aliphatic rings. The van der Waals surface area contributed by atoms with Gasteiger partial charge in [-0.3, -0.25) is 0 Å². The van der Waals surface area contributed by atoms with Gasteiger partial charge < -0.3 is 15.0 Å². The van der Waals surface area contributed by atoms with Crippen molar-refractivity contribution in [2.45, 2.75) is 44.6 Å². The van der Waals surface area contributed by atoms with Crippen LogP contribution in [0.1, 0.15) is 50.2 Å². The first-order valence-electron chi connectivity index (χ1n) is 5.91. The molecule has 1 aromatic heterocycles. The number of hydrogen-bond acceptors (Lipinski definition) is 5. The first-order valence-corrected chi connectivity index (χ1v) is 5.91. The Morgan fingerprint density at radius 2 is 2.38 bits per heavy atom. The smallest absolute Gasteiger partial charge is 0.232 e. The van der Waals surface area contributed by atoms with Crippen molar-refractivity contribution in [3.05, 3.63) is 11.7 Å². The third kappa shape index (κ3) is 2.10. The van der Waals surface area contributed by atoms with E-state index in [0.717, 1.165) is 19.4 Å². The maximum atomic E-state index is 5.61. The van der Waals surface area contributed by atoms with Gasteiger partial charge in [-0.25, -0.2) is 0 Å². The molecule has 0 aromatic carbocycles. The van der Waals surface area contributed by atoms with Gasteiger partial charge in [-0.15, -0.1) is 0 Å². The van der Waals surface area contributed by atoms with E-state index in [-0.39, 0.29) is 17.9 Å². The summed E-state index contributed by atoms with van der Waals surface area (Å²) in [5, 5.41) is 3.98. The minimum atomic E-state index is 0.153. The maximum Gasteiger partial charge on any atom is 0.232 e. The molecule has 5 heteroatoms. The minimum Gasteiger partial charge on any atom is -0.377 e. The molecule has 0 radical (unpaired) electrons. The Morgan fingerprint density at radius 1 is 1.56 bits per heavy atom. The fourth-order valence-corrected chi connectivity index (χ4v) is 2.04. The molecule has 2 heterocycles. The number of nitrogens with zero attached hydrogens (tertiary/aromatic N) is 2. The van der Waals surface area contributed by atoms with Gasteiger partial charge in [-0.1, -0.05) is 19.0 Å². The third-order valence-corrected chi connectivity index (χ3v) is 3.18. The van der Waals surface area contributed by atoms with Gasteiger partial charge in [0.05, 0.1) is 12.0 Å². The molecule has 0 bridgehead atoms. The second-order valence-electron chi connectivity index (χ2n) is 4.34. The second-order valence-corrected chi connectivity index (χ2v) is 4.34. The Labute approximate surface area is 95.3 Å². The van der Waals surface area contributed by atoms with Crippen molar-refractivity contribution < 1.29 is 9.26 Å². The van der Waals surface area contributed by atoms with Crippen LogP contribution in [0.25, 0.3) is 0 Å². The van der Waals surface area contributed by atoms with E-state index in [1.807, 2.05) is 6.92 Å². The van der Waals surface area contributed by atoms with E-state index in [4.69, 9.17) is 15.0 Å². The van der Waals surface area contributed by atoms with Gasteiger partial charge in [0.2, 0.25) is 5.89 Å². The average molecular weight is 225 g/mol. The van der Waals surface area contributed by atoms with Crippen LogP contribution in [0.15, 0.2) is 4.52 Å². The molecule has 16 heavy (non-hydrogen) atoms. The van der Waals surface area contributed by atoms with Crippen LogP contribution in [0.3, 0.4) is 0 Å². The molecule has 0 aliphatic carbocycles. The van der Waals surface area contributed by atoms with Crippen LogP contribution in [0, 0.1) is 0 Å². The quantitative estimate of drug-likeness (QED) is 0.838. The number of ether oxygens (including phenoxy) is 1. The van der Waals surface area contributed by atoms with Crippen LogP contribution in [0.4, 0.5) is 0 Å². The normalized spacial score (nSPS) is 27.2. The van der Waals surface area contributed by atoms with Crippen LogP contribution < -0.4 is 5.73 Å². The molecule has 3 atom stereocenters. The van der Waals surface area contributed by atoms with E-state index < -0.39 is 0 Å². The van der Waals surface area contributed by atoms with Crippen LogP contribution in [-0.2, 0) is 4.74 Å². The third-order valence-electron chi connectivity index (χ3n) is 3.18. The predicted molar refractivity (Wildman–Crippen MR) is 59.2 cm³/mol. The second kappa shape index (κ2) is 4.93. The lowest BCUT2D eigenvalue weighted by molar-refractivity contribution is 0.0953. The van der Waals surface area contributed by atoms with Gasteiger partial charge in [-0.05, 0) is 12.8 Å². The molecule has 1 saturated heterocycles. The number of hydrogen-bond donors (Lipinski definition) is 1. The summed E-state index contributed by atoms with van der Waals surface area (Å²) >= 11 is 0. The summed E-state index contributed by atoms with van der Waals surface area (Å²) in [5.74, 6) is 1.83. The van der Waals surface area contributed by atoms with Crippen molar-refractivity contribution >= 4 is 0 Å². The summed E-state index contributed by atoms with van der Waals surface area (Å²) in [5.41, 5.74) is 5.57. The highest BCUT2D eigenvalue weighted by molar-refractivity contribution is 5.02. The standard InChI is InChI=1S/C11H19N3O2/c1-3-9-8(4-5-15-9)11-13-10(14-16-11)7(2)6-12/h7-9H,3-6,12H2,1-2H3. The molecular formula is C11H19N3O2. The largest absolute Gasteiger partial charge is 0.377 e. The van der Waals surface area contributed by atoms with Crippen molar-refractivity contribution in [3.8, 4) is 0 Å². The van der Waals surface area contributed by atoms with Gasteiger partial charge in [0.15, 0.2) is 5.82 Å². The molecular weight excluding hydrogens is 206 g/mol. The summed E-state index contributed by atoms with van der Waals surface area (Å²) in [4.78, 5) is 4.42. The topological polar surface area (TPSA) is 74.2 Å². The Kier molecular flexibility index (Phi) is 3.56. The van der Waals surface area contributed by atoms with Gasteiger partial charge in [0.1, 0.15) is 0 Å². The minimum absolute atomic E-state index is 0.153. The fourth-order valence-electron chi connectivity index (χ4n) is 2.04. The highest BCUT2D eigenvalue weighted by atomic mass is 16.5. The maximum absolute atomic E-state index is 5.61. The van der Waals surface area contributed by atoms with E-state index in [1.165, 1.54) is 0 Å². The first-order chi connectivity index (χ1) is 7.76. The highest BCUT2D eigenvalue weighted by Crippen LogP contribution is 2.32. The van der Waals surface area contributed by atoms with Gasteiger partial charge in [0.25, 0.3) is 0 Å². The van der Waals surface area contributed by atoms with Crippen molar-refractivity contribution in [1.82, 2.24) is 10.1 Å². The lowest BCUT2D eigenvalue weighted by Crippen LogP contribution is -2.14. The van der Waals surface area contributed by atoms with Crippen molar-refractivity contribution in [1.29, 1.82) is 0 Å². The van der Waals surface area contributed by atoms with Crippen molar-refractivity contribution in [2.75, 3.05) is 13.2 Å². The Morgan fingerprint density at radius 3 is 3.06 bits per heavy atom. The molecule has 2 N–H and O–H groups in total. The van der Waals surface area contributed by atoms with Crippen LogP contribution in [0.2, 0.25) is 0 Å². The zero-order chi connectivity index (χ0) is 11.5. The molecule has 1 aliphatic heterocycles. The number of rotatable bonds is 4. The summed E-state index contributed by atoms with van der Waals surface area (Å²) in [6.45, 7) is 5.44. The molecule has 3 unspecified atom stereocenters. The summed E-state index contributed by atoms with van der Waals surface area (Å²) in [6.07, 6.45) is 2.17. The van der Waals surface area contributed by atoms with E-state index in [0.29, 0.717) is 18.3 Å². The van der Waals surface area contributed by atoms with Crippen molar-refractivity contribution in [2.24, 2.45) is 5.73 Å².